The third-order valence-electron chi connectivity index (χ3n) is 1.32. The van der Waals surface area contributed by atoms with E-state index in [9.17, 15) is 4.79 Å². The van der Waals surface area contributed by atoms with Crippen LogP contribution in [0.5, 0.6) is 0 Å². The van der Waals surface area contributed by atoms with Gasteiger partial charge in [-0.05, 0) is 13.8 Å². The third kappa shape index (κ3) is 2.07. The summed E-state index contributed by atoms with van der Waals surface area (Å²) in [6, 6.07) is 0. The Bertz CT molecular complexity index is 81.0. The van der Waals surface area contributed by atoms with Crippen molar-refractivity contribution in [1.82, 2.24) is 0 Å². The Labute approximate surface area is 49.5 Å². The third-order valence-corrected chi connectivity index (χ3v) is 1.32. The second-order valence-electron chi connectivity index (χ2n) is 2.58. The van der Waals surface area contributed by atoms with Crippen molar-refractivity contribution < 1.29 is 9.90 Å². The smallest absolute Gasteiger partial charge is 0.125 e. The molecule has 0 aliphatic heterocycles. The van der Waals surface area contributed by atoms with Gasteiger partial charge in [-0.2, -0.15) is 0 Å². The minimum absolute atomic E-state index is 0.275. The maximum Gasteiger partial charge on any atom is 0.125 e. The Hall–Kier alpha value is -0.370. The van der Waals surface area contributed by atoms with Crippen LogP contribution in [0, 0.1) is 5.92 Å². The fraction of sp³-hybridized carbons (Fsp3) is 0.833. The molecule has 0 spiro atoms. The lowest BCUT2D eigenvalue weighted by atomic mass is 9.95. The molecule has 2 nitrogen and oxygen atoms in total. The van der Waals surface area contributed by atoms with Gasteiger partial charge in [-0.3, -0.25) is 0 Å². The van der Waals surface area contributed by atoms with Gasteiger partial charge in [0, 0.05) is 5.92 Å². The van der Waals surface area contributed by atoms with E-state index in [0.29, 0.717) is 0 Å². The van der Waals surface area contributed by atoms with E-state index in [4.69, 9.17) is 5.11 Å². The minimum Gasteiger partial charge on any atom is -0.390 e. The van der Waals surface area contributed by atoms with Gasteiger partial charge in [0.2, 0.25) is 0 Å². The molecule has 48 valence electrons. The van der Waals surface area contributed by atoms with Gasteiger partial charge in [0.15, 0.2) is 0 Å². The van der Waals surface area contributed by atoms with Crippen molar-refractivity contribution in [2.75, 3.05) is 0 Å². The molecule has 0 aliphatic rings. The first-order valence-corrected chi connectivity index (χ1v) is 2.66. The Kier molecular flexibility index (Phi) is 2.16. The maximum absolute atomic E-state index is 9.99. The van der Waals surface area contributed by atoms with E-state index in [0.717, 1.165) is 6.29 Å². The predicted octanol–water partition coefficient (Wildman–Crippen LogP) is 0.592. The molecule has 0 radical (unpaired) electrons. The summed E-state index contributed by atoms with van der Waals surface area (Å²) in [5.41, 5.74) is -0.859. The van der Waals surface area contributed by atoms with Crippen molar-refractivity contribution in [2.45, 2.75) is 26.4 Å². The van der Waals surface area contributed by atoms with Crippen LogP contribution < -0.4 is 0 Å². The van der Waals surface area contributed by atoms with Gasteiger partial charge in [0.05, 0.1) is 5.60 Å². The molecule has 0 unspecified atom stereocenters. The molecule has 1 N–H and O–H groups in total. The monoisotopic (exact) mass is 116 g/mol. The van der Waals surface area contributed by atoms with Gasteiger partial charge in [-0.15, -0.1) is 0 Å². The van der Waals surface area contributed by atoms with Crippen LogP contribution in [0.25, 0.3) is 0 Å². The van der Waals surface area contributed by atoms with Crippen molar-refractivity contribution in [2.24, 2.45) is 5.92 Å². The van der Waals surface area contributed by atoms with E-state index >= 15 is 0 Å². The fourth-order valence-electron chi connectivity index (χ4n) is 0.167. The molecular weight excluding hydrogens is 104 g/mol. The zero-order chi connectivity index (χ0) is 6.78. The Morgan fingerprint density at radius 1 is 1.62 bits per heavy atom. The van der Waals surface area contributed by atoms with E-state index < -0.39 is 5.60 Å². The lowest BCUT2D eigenvalue weighted by molar-refractivity contribution is -0.116. The Morgan fingerprint density at radius 2 is 2.00 bits per heavy atom. The highest BCUT2D eigenvalue weighted by Gasteiger charge is 2.20. The highest BCUT2D eigenvalue weighted by Crippen LogP contribution is 2.11. The molecule has 0 amide bonds. The molecule has 0 rings (SSSR count). The van der Waals surface area contributed by atoms with Crippen LogP contribution in [0.15, 0.2) is 0 Å². The SMILES string of the molecule is C[C@@H](C=O)C(C)(C)O. The van der Waals surface area contributed by atoms with Gasteiger partial charge < -0.3 is 9.90 Å². The van der Waals surface area contributed by atoms with Crippen LogP contribution in [0.1, 0.15) is 20.8 Å². The molecule has 2 heteroatoms. The zero-order valence-corrected chi connectivity index (χ0v) is 5.51. The molecule has 0 aromatic rings. The summed E-state index contributed by atoms with van der Waals surface area (Å²) in [7, 11) is 0. The molecule has 0 aromatic heterocycles. The first-order valence-electron chi connectivity index (χ1n) is 2.66. The summed E-state index contributed by atoms with van der Waals surface area (Å²) < 4.78 is 0. The molecule has 1 atom stereocenters. The maximum atomic E-state index is 9.99. The first kappa shape index (κ1) is 7.63. The molecule has 0 heterocycles. The summed E-state index contributed by atoms with van der Waals surface area (Å²) in [4.78, 5) is 9.99. The topological polar surface area (TPSA) is 37.3 Å². The van der Waals surface area contributed by atoms with Crippen molar-refractivity contribution in [1.29, 1.82) is 0 Å². The van der Waals surface area contributed by atoms with Crippen LogP contribution in [0.2, 0.25) is 0 Å². The van der Waals surface area contributed by atoms with Crippen LogP contribution in [-0.2, 0) is 4.79 Å². The molecule has 0 bridgehead atoms. The van der Waals surface area contributed by atoms with Crippen LogP contribution in [-0.4, -0.2) is 17.0 Å². The van der Waals surface area contributed by atoms with E-state index in [-0.39, 0.29) is 5.92 Å². The number of aldehydes is 1. The summed E-state index contributed by atoms with van der Waals surface area (Å²) in [6.07, 6.45) is 0.750. The summed E-state index contributed by atoms with van der Waals surface area (Å²) >= 11 is 0. The molecule has 0 saturated heterocycles. The predicted molar refractivity (Wildman–Crippen MR) is 31.5 cm³/mol. The number of hydrogen-bond acceptors (Lipinski definition) is 2. The summed E-state index contributed by atoms with van der Waals surface area (Å²) in [5.74, 6) is -0.275. The van der Waals surface area contributed by atoms with E-state index in [1.54, 1.807) is 20.8 Å². The van der Waals surface area contributed by atoms with E-state index in [2.05, 4.69) is 0 Å². The average Bonchev–Trinajstić information content (AvgIpc) is 1.62. The highest BCUT2D eigenvalue weighted by atomic mass is 16.3. The molecule has 0 aromatic carbocycles. The van der Waals surface area contributed by atoms with Crippen LogP contribution >= 0.6 is 0 Å². The molecule has 8 heavy (non-hydrogen) atoms. The number of carbonyl (C=O) groups is 1. The zero-order valence-electron chi connectivity index (χ0n) is 5.51. The number of hydrogen-bond donors (Lipinski definition) is 1. The molecule has 0 aliphatic carbocycles. The number of carbonyl (C=O) groups excluding carboxylic acids is 1. The largest absolute Gasteiger partial charge is 0.390 e. The van der Waals surface area contributed by atoms with Crippen LogP contribution in [0.4, 0.5) is 0 Å². The Morgan fingerprint density at radius 3 is 2.00 bits per heavy atom. The van der Waals surface area contributed by atoms with Gasteiger partial charge in [0.25, 0.3) is 0 Å². The van der Waals surface area contributed by atoms with Crippen molar-refractivity contribution in [3.05, 3.63) is 0 Å². The van der Waals surface area contributed by atoms with Gasteiger partial charge in [0.1, 0.15) is 6.29 Å². The highest BCUT2D eigenvalue weighted by molar-refractivity contribution is 5.54. The quantitative estimate of drug-likeness (QED) is 0.536. The molecule has 0 saturated carbocycles. The Balaban J connectivity index is 3.80. The normalized spacial score (nSPS) is 15.5. The second kappa shape index (κ2) is 2.27. The standard InChI is InChI=1S/C6H12O2/c1-5(4-7)6(2,3)8/h4-5,8H,1-3H3/t5-/m0/s1. The van der Waals surface area contributed by atoms with Crippen molar-refractivity contribution in [3.8, 4) is 0 Å². The molecular formula is C6H12O2. The fourth-order valence-corrected chi connectivity index (χ4v) is 0.167. The van der Waals surface area contributed by atoms with Gasteiger partial charge in [-0.1, -0.05) is 6.92 Å². The lowest BCUT2D eigenvalue weighted by Crippen LogP contribution is -2.29. The first-order chi connectivity index (χ1) is 3.48. The summed E-state index contributed by atoms with van der Waals surface area (Å²) in [6.45, 7) is 4.92. The van der Waals surface area contributed by atoms with E-state index in [1.807, 2.05) is 0 Å². The van der Waals surface area contributed by atoms with Crippen molar-refractivity contribution >= 4 is 6.29 Å². The van der Waals surface area contributed by atoms with E-state index in [1.165, 1.54) is 0 Å². The van der Waals surface area contributed by atoms with Gasteiger partial charge in [-0.25, -0.2) is 0 Å². The van der Waals surface area contributed by atoms with Crippen LogP contribution in [0.3, 0.4) is 0 Å². The lowest BCUT2D eigenvalue weighted by Gasteiger charge is -2.19. The number of aliphatic hydroxyl groups is 1. The average molecular weight is 116 g/mol. The summed E-state index contributed by atoms with van der Waals surface area (Å²) in [5, 5.41) is 9.05. The minimum atomic E-state index is -0.859. The second-order valence-corrected chi connectivity index (χ2v) is 2.58. The molecule has 0 fully saturated rings. The number of rotatable bonds is 2. The van der Waals surface area contributed by atoms with Crippen molar-refractivity contribution in [3.63, 3.8) is 0 Å². The van der Waals surface area contributed by atoms with Gasteiger partial charge >= 0.3 is 0 Å².